The molecule has 1 aromatic carbocycles. The number of hydrogen-bond donors (Lipinski definition) is 2. The number of carbonyl (C=O) groups is 1. The average Bonchev–Trinajstić information content (AvgIpc) is 2.31. The van der Waals surface area contributed by atoms with Crippen molar-refractivity contribution in [3.63, 3.8) is 0 Å². The molecular weight excluding hydrogens is 218 g/mol. The van der Waals surface area contributed by atoms with Gasteiger partial charge in [0.05, 0.1) is 6.61 Å². The van der Waals surface area contributed by atoms with Crippen molar-refractivity contribution in [3.05, 3.63) is 24.3 Å². The van der Waals surface area contributed by atoms with Crippen LogP contribution in [0.15, 0.2) is 24.3 Å². The highest BCUT2D eigenvalue weighted by molar-refractivity contribution is 5.77. The van der Waals surface area contributed by atoms with Gasteiger partial charge in [0.2, 0.25) is 0 Å². The molecule has 0 amide bonds. The molecule has 0 aliphatic rings. The van der Waals surface area contributed by atoms with E-state index in [9.17, 15) is 4.79 Å². The van der Waals surface area contributed by atoms with Crippen LogP contribution in [0.1, 0.15) is 26.7 Å². The molecular formula is C13H19NO3. The van der Waals surface area contributed by atoms with E-state index in [1.54, 1.807) is 0 Å². The van der Waals surface area contributed by atoms with E-state index in [4.69, 9.17) is 9.84 Å². The lowest BCUT2D eigenvalue weighted by molar-refractivity contribution is -0.138. The molecule has 1 atom stereocenters. The van der Waals surface area contributed by atoms with Gasteiger partial charge in [-0.15, -0.1) is 0 Å². The number of carboxylic acid groups (broad SMARTS) is 1. The summed E-state index contributed by atoms with van der Waals surface area (Å²) in [6, 6.07) is 6.79. The molecule has 0 fully saturated rings. The Labute approximate surface area is 102 Å². The Morgan fingerprint density at radius 1 is 1.35 bits per heavy atom. The summed E-state index contributed by atoms with van der Waals surface area (Å²) < 4.78 is 5.32. The monoisotopic (exact) mass is 237 g/mol. The van der Waals surface area contributed by atoms with Gasteiger partial charge in [0, 0.05) is 5.69 Å². The Kier molecular flexibility index (Phi) is 5.33. The van der Waals surface area contributed by atoms with Crippen LogP contribution in [0.3, 0.4) is 0 Å². The van der Waals surface area contributed by atoms with Gasteiger partial charge in [-0.2, -0.15) is 0 Å². The highest BCUT2D eigenvalue weighted by Gasteiger charge is 2.15. The van der Waals surface area contributed by atoms with Crippen LogP contribution in [0.4, 0.5) is 5.69 Å². The third kappa shape index (κ3) is 4.34. The minimum absolute atomic E-state index is 0.530. The summed E-state index contributed by atoms with van der Waals surface area (Å²) >= 11 is 0. The number of benzene rings is 1. The molecule has 17 heavy (non-hydrogen) atoms. The molecule has 0 radical (unpaired) electrons. The lowest BCUT2D eigenvalue weighted by atomic mass is 10.1. The van der Waals surface area contributed by atoms with Gasteiger partial charge in [0.1, 0.15) is 11.8 Å². The maximum Gasteiger partial charge on any atom is 0.326 e. The average molecular weight is 237 g/mol. The molecule has 0 aliphatic heterocycles. The maximum absolute atomic E-state index is 11.0. The van der Waals surface area contributed by atoms with E-state index in [1.807, 2.05) is 38.1 Å². The van der Waals surface area contributed by atoms with Crippen LogP contribution in [0.25, 0.3) is 0 Å². The molecule has 1 rings (SSSR count). The molecule has 94 valence electrons. The smallest absolute Gasteiger partial charge is 0.326 e. The second-order valence-corrected chi connectivity index (χ2v) is 3.78. The minimum Gasteiger partial charge on any atom is -0.494 e. The van der Waals surface area contributed by atoms with Crippen LogP contribution in [0.5, 0.6) is 5.75 Å². The Morgan fingerprint density at radius 3 is 2.47 bits per heavy atom. The van der Waals surface area contributed by atoms with Crippen LogP contribution in [-0.4, -0.2) is 23.7 Å². The van der Waals surface area contributed by atoms with Gasteiger partial charge in [0.25, 0.3) is 0 Å². The van der Waals surface area contributed by atoms with Gasteiger partial charge in [-0.3, -0.25) is 0 Å². The molecule has 4 nitrogen and oxygen atoms in total. The standard InChI is InChI=1S/C13H19NO3/c1-3-5-12(13(15)16)14-10-6-8-11(9-7-10)17-4-2/h6-9,12,14H,3-5H2,1-2H3,(H,15,16). The van der Waals surface area contributed by atoms with Gasteiger partial charge >= 0.3 is 5.97 Å². The van der Waals surface area contributed by atoms with E-state index < -0.39 is 12.0 Å². The number of hydrogen-bond acceptors (Lipinski definition) is 3. The van der Waals surface area contributed by atoms with Crippen LogP contribution in [-0.2, 0) is 4.79 Å². The summed E-state index contributed by atoms with van der Waals surface area (Å²) in [5, 5.41) is 12.0. The number of nitrogens with one attached hydrogen (secondary N) is 1. The first kappa shape index (κ1) is 13.4. The third-order valence-electron chi connectivity index (χ3n) is 2.38. The summed E-state index contributed by atoms with van der Waals surface area (Å²) in [6.07, 6.45) is 1.45. The maximum atomic E-state index is 11.0. The van der Waals surface area contributed by atoms with E-state index in [0.717, 1.165) is 17.9 Å². The molecule has 0 bridgehead atoms. The van der Waals surface area contributed by atoms with Gasteiger partial charge in [-0.25, -0.2) is 4.79 Å². The summed E-state index contributed by atoms with van der Waals surface area (Å²) in [6.45, 7) is 4.52. The van der Waals surface area contributed by atoms with Crippen molar-refractivity contribution >= 4 is 11.7 Å². The van der Waals surface area contributed by atoms with Crippen molar-refractivity contribution in [3.8, 4) is 5.75 Å². The Balaban J connectivity index is 2.63. The van der Waals surface area contributed by atoms with E-state index in [-0.39, 0.29) is 0 Å². The predicted octanol–water partition coefficient (Wildman–Crippen LogP) is 2.75. The van der Waals surface area contributed by atoms with Crippen LogP contribution >= 0.6 is 0 Å². The lowest BCUT2D eigenvalue weighted by Crippen LogP contribution is -2.28. The van der Waals surface area contributed by atoms with Crippen molar-refractivity contribution < 1.29 is 14.6 Å². The molecule has 1 aromatic rings. The molecule has 0 aliphatic carbocycles. The molecule has 0 saturated heterocycles. The van der Waals surface area contributed by atoms with Crippen LogP contribution in [0.2, 0.25) is 0 Å². The highest BCUT2D eigenvalue weighted by Crippen LogP contribution is 2.17. The summed E-state index contributed by atoms with van der Waals surface area (Å²) in [5.74, 6) is -0.0267. The van der Waals surface area contributed by atoms with Gasteiger partial charge in [0.15, 0.2) is 0 Å². The van der Waals surface area contributed by atoms with E-state index in [0.29, 0.717) is 13.0 Å². The summed E-state index contributed by atoms with van der Waals surface area (Å²) in [7, 11) is 0. The zero-order chi connectivity index (χ0) is 12.7. The van der Waals surface area contributed by atoms with Crippen molar-refractivity contribution in [2.75, 3.05) is 11.9 Å². The first-order valence-electron chi connectivity index (χ1n) is 5.89. The molecule has 0 aromatic heterocycles. The second kappa shape index (κ2) is 6.78. The van der Waals surface area contributed by atoms with Gasteiger partial charge < -0.3 is 15.2 Å². The highest BCUT2D eigenvalue weighted by atomic mass is 16.5. The van der Waals surface area contributed by atoms with Gasteiger partial charge in [-0.1, -0.05) is 13.3 Å². The largest absolute Gasteiger partial charge is 0.494 e. The quantitative estimate of drug-likeness (QED) is 0.765. The van der Waals surface area contributed by atoms with Crippen molar-refractivity contribution in [1.82, 2.24) is 0 Å². The molecule has 0 heterocycles. The number of ether oxygens (including phenoxy) is 1. The number of aliphatic carboxylic acids is 1. The van der Waals surface area contributed by atoms with Crippen molar-refractivity contribution in [1.29, 1.82) is 0 Å². The number of anilines is 1. The lowest BCUT2D eigenvalue weighted by Gasteiger charge is -2.15. The van der Waals surface area contributed by atoms with Crippen molar-refractivity contribution in [2.24, 2.45) is 0 Å². The zero-order valence-electron chi connectivity index (χ0n) is 10.3. The minimum atomic E-state index is -0.819. The first-order valence-corrected chi connectivity index (χ1v) is 5.89. The second-order valence-electron chi connectivity index (χ2n) is 3.78. The third-order valence-corrected chi connectivity index (χ3v) is 2.38. The summed E-state index contributed by atoms with van der Waals surface area (Å²) in [4.78, 5) is 11.0. The fraction of sp³-hybridized carbons (Fsp3) is 0.462. The first-order chi connectivity index (χ1) is 8.17. The van der Waals surface area contributed by atoms with Crippen LogP contribution in [0, 0.1) is 0 Å². The Bertz CT molecular complexity index is 348. The zero-order valence-corrected chi connectivity index (χ0v) is 10.3. The topological polar surface area (TPSA) is 58.6 Å². The number of carboxylic acids is 1. The van der Waals surface area contributed by atoms with E-state index in [2.05, 4.69) is 5.32 Å². The Morgan fingerprint density at radius 2 is 2.00 bits per heavy atom. The molecule has 4 heteroatoms. The van der Waals surface area contributed by atoms with Crippen molar-refractivity contribution in [2.45, 2.75) is 32.7 Å². The number of rotatable bonds is 7. The molecule has 2 N–H and O–H groups in total. The van der Waals surface area contributed by atoms with Crippen LogP contribution < -0.4 is 10.1 Å². The SMILES string of the molecule is CCCC(Nc1ccc(OCC)cc1)C(=O)O. The summed E-state index contributed by atoms with van der Waals surface area (Å²) in [5.41, 5.74) is 0.800. The fourth-order valence-corrected chi connectivity index (χ4v) is 1.56. The molecule has 1 unspecified atom stereocenters. The predicted molar refractivity (Wildman–Crippen MR) is 67.6 cm³/mol. The fourth-order valence-electron chi connectivity index (χ4n) is 1.56. The van der Waals surface area contributed by atoms with E-state index >= 15 is 0 Å². The van der Waals surface area contributed by atoms with E-state index in [1.165, 1.54) is 0 Å². The Hall–Kier alpha value is -1.71. The van der Waals surface area contributed by atoms with Gasteiger partial charge in [-0.05, 0) is 37.6 Å². The normalized spacial score (nSPS) is 11.9. The molecule has 0 spiro atoms. The molecule has 0 saturated carbocycles.